The van der Waals surface area contributed by atoms with Crippen molar-refractivity contribution in [2.75, 3.05) is 0 Å². The van der Waals surface area contributed by atoms with Crippen LogP contribution < -0.4 is 10.6 Å². The molecule has 2 N–H and O–H groups in total. The number of rotatable bonds is 12. The van der Waals surface area contributed by atoms with Gasteiger partial charge in [-0.15, -0.1) is 0 Å². The van der Waals surface area contributed by atoms with Gasteiger partial charge in [0.2, 0.25) is 5.91 Å². The number of esters is 1. The van der Waals surface area contributed by atoms with E-state index in [4.69, 9.17) is 9.47 Å². The number of amides is 2. The van der Waals surface area contributed by atoms with Gasteiger partial charge in [-0.3, -0.25) is 4.79 Å². The molecule has 194 valence electrons. The van der Waals surface area contributed by atoms with Crippen LogP contribution in [-0.2, 0) is 38.7 Å². The molecule has 0 saturated carbocycles. The topological polar surface area (TPSA) is 93.7 Å². The minimum Gasteiger partial charge on any atom is -0.459 e. The normalized spacial score (nSPS) is 12.3. The van der Waals surface area contributed by atoms with Gasteiger partial charge in [0.25, 0.3) is 0 Å². The summed E-state index contributed by atoms with van der Waals surface area (Å²) in [4.78, 5) is 38.8. The van der Waals surface area contributed by atoms with Crippen molar-refractivity contribution in [2.45, 2.75) is 52.0 Å². The Morgan fingerprint density at radius 3 is 1.65 bits per heavy atom. The number of hydrogen-bond donors (Lipinski definition) is 2. The Morgan fingerprint density at radius 1 is 0.649 bits per heavy atom. The Labute approximate surface area is 218 Å². The summed E-state index contributed by atoms with van der Waals surface area (Å²) in [5.74, 6) is -0.901. The predicted octanol–water partition coefficient (Wildman–Crippen LogP) is 4.80. The molecule has 0 radical (unpaired) electrons. The maximum Gasteiger partial charge on any atom is 0.408 e. The van der Waals surface area contributed by atoms with Gasteiger partial charge >= 0.3 is 12.1 Å². The zero-order valence-corrected chi connectivity index (χ0v) is 21.3. The van der Waals surface area contributed by atoms with Crippen LogP contribution in [0.5, 0.6) is 0 Å². The molecule has 0 heterocycles. The van der Waals surface area contributed by atoms with E-state index >= 15 is 0 Å². The molecule has 0 aliphatic heterocycles. The fourth-order valence-electron chi connectivity index (χ4n) is 3.75. The van der Waals surface area contributed by atoms with Gasteiger partial charge in [0.05, 0.1) is 0 Å². The van der Waals surface area contributed by atoms with Crippen molar-refractivity contribution in [3.8, 4) is 0 Å². The van der Waals surface area contributed by atoms with Gasteiger partial charge in [-0.2, -0.15) is 0 Å². The molecule has 7 heteroatoms. The van der Waals surface area contributed by atoms with Gasteiger partial charge in [-0.25, -0.2) is 9.59 Å². The highest BCUT2D eigenvalue weighted by atomic mass is 16.5. The number of ether oxygens (including phenoxy) is 2. The highest BCUT2D eigenvalue weighted by Crippen LogP contribution is 2.11. The van der Waals surface area contributed by atoms with Crippen molar-refractivity contribution < 1.29 is 23.9 Å². The largest absolute Gasteiger partial charge is 0.459 e. The van der Waals surface area contributed by atoms with E-state index < -0.39 is 30.1 Å². The van der Waals surface area contributed by atoms with Crippen LogP contribution in [0.1, 0.15) is 37.0 Å². The van der Waals surface area contributed by atoms with Crippen molar-refractivity contribution >= 4 is 18.0 Å². The minimum atomic E-state index is -0.921. The van der Waals surface area contributed by atoms with E-state index in [1.807, 2.05) is 105 Å². The third-order valence-corrected chi connectivity index (χ3v) is 5.64. The molecule has 7 nitrogen and oxygen atoms in total. The van der Waals surface area contributed by atoms with E-state index in [0.29, 0.717) is 6.42 Å². The third kappa shape index (κ3) is 9.80. The number of carbonyl (C=O) groups is 3. The maximum atomic E-state index is 13.3. The molecule has 0 spiro atoms. The number of nitrogens with one attached hydrogen (secondary N) is 2. The highest BCUT2D eigenvalue weighted by molar-refractivity contribution is 5.89. The van der Waals surface area contributed by atoms with Gasteiger partial charge in [0, 0.05) is 6.42 Å². The molecule has 0 saturated heterocycles. The van der Waals surface area contributed by atoms with Gasteiger partial charge in [-0.05, 0) is 29.0 Å². The number of alkyl carbamates (subject to hydrolysis) is 1. The Balaban J connectivity index is 1.66. The van der Waals surface area contributed by atoms with Gasteiger partial charge in [0.15, 0.2) is 0 Å². The smallest absolute Gasteiger partial charge is 0.408 e. The number of carbonyl (C=O) groups excluding carboxylic acids is 3. The third-order valence-electron chi connectivity index (χ3n) is 5.64. The lowest BCUT2D eigenvalue weighted by Gasteiger charge is -2.24. The summed E-state index contributed by atoms with van der Waals surface area (Å²) in [5, 5.41) is 5.46. The minimum absolute atomic E-state index is 0.0884. The molecule has 2 atom stereocenters. The van der Waals surface area contributed by atoms with E-state index in [2.05, 4.69) is 10.6 Å². The van der Waals surface area contributed by atoms with Crippen LogP contribution in [0.4, 0.5) is 4.79 Å². The molecular formula is C30H34N2O5. The summed E-state index contributed by atoms with van der Waals surface area (Å²) < 4.78 is 10.8. The van der Waals surface area contributed by atoms with E-state index in [1.54, 1.807) is 0 Å². The molecule has 0 bridgehead atoms. The first-order chi connectivity index (χ1) is 17.9. The van der Waals surface area contributed by atoms with E-state index in [-0.39, 0.29) is 25.6 Å². The van der Waals surface area contributed by atoms with Gasteiger partial charge < -0.3 is 20.1 Å². The predicted molar refractivity (Wildman–Crippen MR) is 141 cm³/mol. The molecule has 3 aromatic rings. The van der Waals surface area contributed by atoms with Gasteiger partial charge in [-0.1, -0.05) is 105 Å². The average molecular weight is 503 g/mol. The molecule has 3 rings (SSSR count). The lowest BCUT2D eigenvalue weighted by atomic mass is 10.0. The Hall–Kier alpha value is -4.13. The Morgan fingerprint density at radius 2 is 1.14 bits per heavy atom. The summed E-state index contributed by atoms with van der Waals surface area (Å²) >= 11 is 0. The van der Waals surface area contributed by atoms with Crippen molar-refractivity contribution in [1.29, 1.82) is 0 Å². The fourth-order valence-corrected chi connectivity index (χ4v) is 3.75. The van der Waals surface area contributed by atoms with Crippen LogP contribution in [-0.4, -0.2) is 30.1 Å². The summed E-state index contributed by atoms with van der Waals surface area (Å²) in [7, 11) is 0. The monoisotopic (exact) mass is 502 g/mol. The zero-order valence-electron chi connectivity index (χ0n) is 21.3. The molecule has 0 aliphatic carbocycles. The van der Waals surface area contributed by atoms with Crippen LogP contribution in [0.25, 0.3) is 0 Å². The fraction of sp³-hybridized carbons (Fsp3) is 0.300. The highest BCUT2D eigenvalue weighted by Gasteiger charge is 2.29. The SMILES string of the molecule is CC(C)C[C@@H](NC(=O)OCc1ccccc1)C(=O)N[C@@H](Cc1ccccc1)C(=O)OCc1ccccc1. The lowest BCUT2D eigenvalue weighted by Crippen LogP contribution is -2.53. The summed E-state index contributed by atoms with van der Waals surface area (Å²) in [6.07, 6.45) is -0.0629. The van der Waals surface area contributed by atoms with Crippen LogP contribution in [0.15, 0.2) is 91.0 Å². The van der Waals surface area contributed by atoms with E-state index in [0.717, 1.165) is 16.7 Å². The quantitative estimate of drug-likeness (QED) is 0.347. The molecule has 2 amide bonds. The first-order valence-corrected chi connectivity index (χ1v) is 12.4. The maximum absolute atomic E-state index is 13.3. The Bertz CT molecular complexity index is 1120. The van der Waals surface area contributed by atoms with Crippen molar-refractivity contribution in [3.05, 3.63) is 108 Å². The van der Waals surface area contributed by atoms with Crippen molar-refractivity contribution in [3.63, 3.8) is 0 Å². The molecule has 0 unspecified atom stereocenters. The molecule has 0 aliphatic rings. The number of benzene rings is 3. The van der Waals surface area contributed by atoms with Crippen molar-refractivity contribution in [1.82, 2.24) is 10.6 Å². The summed E-state index contributed by atoms with van der Waals surface area (Å²) in [5.41, 5.74) is 2.56. The summed E-state index contributed by atoms with van der Waals surface area (Å²) in [6.45, 7) is 4.09. The lowest BCUT2D eigenvalue weighted by molar-refractivity contribution is -0.149. The first-order valence-electron chi connectivity index (χ1n) is 12.4. The van der Waals surface area contributed by atoms with Gasteiger partial charge in [0.1, 0.15) is 25.3 Å². The van der Waals surface area contributed by atoms with Crippen LogP contribution in [0, 0.1) is 5.92 Å². The second kappa shape index (κ2) is 14.4. The summed E-state index contributed by atoms with van der Waals surface area (Å²) in [6, 6.07) is 26.2. The Kier molecular flexibility index (Phi) is 10.7. The second-order valence-corrected chi connectivity index (χ2v) is 9.23. The second-order valence-electron chi connectivity index (χ2n) is 9.23. The van der Waals surface area contributed by atoms with E-state index in [9.17, 15) is 14.4 Å². The molecule has 37 heavy (non-hydrogen) atoms. The van der Waals surface area contributed by atoms with E-state index in [1.165, 1.54) is 0 Å². The molecule has 0 aromatic heterocycles. The van der Waals surface area contributed by atoms with Crippen molar-refractivity contribution in [2.24, 2.45) is 5.92 Å². The molecule has 0 fully saturated rings. The average Bonchev–Trinajstić information content (AvgIpc) is 2.91. The van der Waals surface area contributed by atoms with Crippen LogP contribution >= 0.6 is 0 Å². The molecule has 3 aromatic carbocycles. The first kappa shape index (κ1) is 27.5. The molecular weight excluding hydrogens is 468 g/mol. The van der Waals surface area contributed by atoms with Crippen LogP contribution in [0.3, 0.4) is 0 Å². The standard InChI is InChI=1S/C30H34N2O5/c1-22(2)18-26(32-30(35)37-21-25-16-10-5-11-17-25)28(33)31-27(19-23-12-6-3-7-13-23)29(34)36-20-24-14-8-4-9-15-24/h3-17,22,26-27H,18-21H2,1-2H3,(H,31,33)(H,32,35)/t26-,27+/m1/s1. The zero-order chi connectivity index (χ0) is 26.5. The number of hydrogen-bond acceptors (Lipinski definition) is 5. The van der Waals surface area contributed by atoms with Crippen LogP contribution in [0.2, 0.25) is 0 Å².